The topological polar surface area (TPSA) is 68.3 Å². The third kappa shape index (κ3) is 3.26. The van der Waals surface area contributed by atoms with Crippen LogP contribution in [0.25, 0.3) is 11.1 Å². The minimum absolute atomic E-state index is 0.0863. The van der Waals surface area contributed by atoms with Crippen molar-refractivity contribution < 1.29 is 4.79 Å². The van der Waals surface area contributed by atoms with E-state index in [0.717, 1.165) is 22.3 Å². The molecule has 4 nitrogen and oxygen atoms in total. The molecule has 3 aromatic rings. The average Bonchev–Trinajstić information content (AvgIpc) is 2.67. The van der Waals surface area contributed by atoms with Crippen LogP contribution in [0.3, 0.4) is 0 Å². The Morgan fingerprint density at radius 3 is 2.23 bits per heavy atom. The van der Waals surface area contributed by atoms with Gasteiger partial charge < -0.3 is 5.73 Å². The van der Waals surface area contributed by atoms with E-state index in [1.54, 1.807) is 26.2 Å². The van der Waals surface area contributed by atoms with Crippen molar-refractivity contribution in [3.05, 3.63) is 90.3 Å². The summed E-state index contributed by atoms with van der Waals surface area (Å²) in [7, 11) is 0. The Morgan fingerprint density at radius 1 is 0.923 bits per heavy atom. The molecular formula is C22H21N3O. The number of nitrogens with two attached hydrogens (primary N) is 1. The van der Waals surface area contributed by atoms with Gasteiger partial charge in [-0.05, 0) is 48.2 Å². The molecule has 0 amide bonds. The first-order valence-corrected chi connectivity index (χ1v) is 8.43. The largest absolute Gasteiger partial charge is 0.388 e. The van der Waals surface area contributed by atoms with Crippen LogP contribution < -0.4 is 5.73 Å². The second-order valence-corrected chi connectivity index (χ2v) is 6.21. The number of benzene rings is 2. The van der Waals surface area contributed by atoms with E-state index in [1.807, 2.05) is 66.7 Å². The maximum absolute atomic E-state index is 12.9. The zero-order chi connectivity index (χ0) is 18.6. The van der Waals surface area contributed by atoms with Gasteiger partial charge in [0.15, 0.2) is 11.3 Å². The number of carbonyl (C=O) groups excluding carboxylic acids is 1. The van der Waals surface area contributed by atoms with E-state index in [4.69, 9.17) is 5.73 Å². The highest BCUT2D eigenvalue weighted by molar-refractivity contribution is 5.95. The van der Waals surface area contributed by atoms with Gasteiger partial charge in [-0.15, -0.1) is 0 Å². The monoisotopic (exact) mass is 343 g/mol. The van der Waals surface area contributed by atoms with Gasteiger partial charge in [0.1, 0.15) is 0 Å². The van der Waals surface area contributed by atoms with Crippen molar-refractivity contribution in [1.29, 1.82) is 0 Å². The SMILES string of the molecule is CC(=O)C(N=C(C)N)(c1ccccc1)c1cccc(-c2cccnc2)c1. The van der Waals surface area contributed by atoms with Gasteiger partial charge in [-0.1, -0.05) is 54.6 Å². The lowest BCUT2D eigenvalue weighted by atomic mass is 9.79. The summed E-state index contributed by atoms with van der Waals surface area (Å²) >= 11 is 0. The summed E-state index contributed by atoms with van der Waals surface area (Å²) in [5.41, 5.74) is 8.29. The van der Waals surface area contributed by atoms with Gasteiger partial charge in [-0.25, -0.2) is 4.99 Å². The fourth-order valence-electron chi connectivity index (χ4n) is 3.18. The van der Waals surface area contributed by atoms with Crippen LogP contribution in [-0.4, -0.2) is 16.6 Å². The smallest absolute Gasteiger partial charge is 0.170 e. The molecule has 1 heterocycles. The van der Waals surface area contributed by atoms with E-state index in [1.165, 1.54) is 0 Å². The van der Waals surface area contributed by atoms with Gasteiger partial charge in [-0.3, -0.25) is 9.78 Å². The number of pyridine rings is 1. The highest BCUT2D eigenvalue weighted by atomic mass is 16.1. The lowest BCUT2D eigenvalue weighted by Gasteiger charge is -2.29. The van der Waals surface area contributed by atoms with Crippen LogP contribution in [0, 0.1) is 0 Å². The summed E-state index contributed by atoms with van der Waals surface area (Å²) in [4.78, 5) is 21.7. The summed E-state index contributed by atoms with van der Waals surface area (Å²) in [6, 6.07) is 21.2. The van der Waals surface area contributed by atoms with Crippen molar-refractivity contribution in [2.24, 2.45) is 10.7 Å². The van der Waals surface area contributed by atoms with E-state index >= 15 is 0 Å². The molecular weight excluding hydrogens is 322 g/mol. The summed E-state index contributed by atoms with van der Waals surface area (Å²) < 4.78 is 0. The normalized spacial score (nSPS) is 13.8. The lowest BCUT2D eigenvalue weighted by molar-refractivity contribution is -0.120. The number of Topliss-reactive ketones (excluding diaryl/α,β-unsaturated/α-hetero) is 1. The third-order valence-corrected chi connectivity index (χ3v) is 4.32. The highest BCUT2D eigenvalue weighted by Gasteiger charge is 2.39. The summed E-state index contributed by atoms with van der Waals surface area (Å²) in [5.74, 6) is 0.271. The van der Waals surface area contributed by atoms with E-state index in [9.17, 15) is 4.79 Å². The molecule has 0 radical (unpaired) electrons. The summed E-state index contributed by atoms with van der Waals surface area (Å²) in [6.07, 6.45) is 3.54. The second kappa shape index (κ2) is 7.31. The standard InChI is InChI=1S/C22H21N3O/c1-16(26)22(25-17(2)23,20-10-4-3-5-11-20)21-12-6-8-18(14-21)19-9-7-13-24-15-19/h3-15H,1-2H3,(H2,23,25). The molecule has 0 aliphatic rings. The Morgan fingerprint density at radius 2 is 1.62 bits per heavy atom. The molecule has 0 aliphatic carbocycles. The molecule has 2 aromatic carbocycles. The first-order valence-electron chi connectivity index (χ1n) is 8.43. The van der Waals surface area contributed by atoms with Crippen molar-refractivity contribution in [2.75, 3.05) is 0 Å². The van der Waals surface area contributed by atoms with Gasteiger partial charge >= 0.3 is 0 Å². The van der Waals surface area contributed by atoms with Crippen molar-refractivity contribution in [1.82, 2.24) is 4.98 Å². The second-order valence-electron chi connectivity index (χ2n) is 6.21. The molecule has 1 atom stereocenters. The van der Waals surface area contributed by atoms with Gasteiger partial charge in [-0.2, -0.15) is 0 Å². The molecule has 0 saturated heterocycles. The number of carbonyl (C=O) groups is 1. The number of rotatable bonds is 5. The van der Waals surface area contributed by atoms with E-state index in [2.05, 4.69) is 9.98 Å². The van der Waals surface area contributed by atoms with Gasteiger partial charge in [0.2, 0.25) is 0 Å². The predicted octanol–water partition coefficient (Wildman–Crippen LogP) is 3.96. The van der Waals surface area contributed by atoms with Gasteiger partial charge in [0, 0.05) is 12.4 Å². The lowest BCUT2D eigenvalue weighted by Crippen LogP contribution is -2.35. The quantitative estimate of drug-likeness (QED) is 0.563. The van der Waals surface area contributed by atoms with E-state index < -0.39 is 5.54 Å². The molecule has 0 saturated carbocycles. The Hall–Kier alpha value is -3.27. The zero-order valence-corrected chi connectivity index (χ0v) is 14.9. The zero-order valence-electron chi connectivity index (χ0n) is 14.9. The number of aromatic nitrogens is 1. The van der Waals surface area contributed by atoms with Crippen LogP contribution in [0.2, 0.25) is 0 Å². The van der Waals surface area contributed by atoms with Crippen LogP contribution in [0.15, 0.2) is 84.1 Å². The number of hydrogen-bond donors (Lipinski definition) is 1. The maximum Gasteiger partial charge on any atom is 0.170 e. The van der Waals surface area contributed by atoms with Crippen LogP contribution in [-0.2, 0) is 10.3 Å². The summed E-state index contributed by atoms with van der Waals surface area (Å²) in [5, 5.41) is 0. The number of ketones is 1. The molecule has 2 N–H and O–H groups in total. The third-order valence-electron chi connectivity index (χ3n) is 4.32. The molecule has 4 heteroatoms. The molecule has 0 fully saturated rings. The molecule has 1 aromatic heterocycles. The fourth-order valence-corrected chi connectivity index (χ4v) is 3.18. The molecule has 3 rings (SSSR count). The number of hydrogen-bond acceptors (Lipinski definition) is 3. The number of aliphatic imine (C=N–C) groups is 1. The Kier molecular flexibility index (Phi) is 4.94. The first kappa shape index (κ1) is 17.5. The molecule has 130 valence electrons. The molecule has 0 spiro atoms. The van der Waals surface area contributed by atoms with Gasteiger partial charge in [0.05, 0.1) is 5.84 Å². The van der Waals surface area contributed by atoms with Crippen LogP contribution in [0.1, 0.15) is 25.0 Å². The van der Waals surface area contributed by atoms with Crippen molar-refractivity contribution in [3.8, 4) is 11.1 Å². The number of amidine groups is 1. The van der Waals surface area contributed by atoms with E-state index in [-0.39, 0.29) is 5.78 Å². The van der Waals surface area contributed by atoms with Crippen LogP contribution in [0.5, 0.6) is 0 Å². The Bertz CT molecular complexity index is 932. The average molecular weight is 343 g/mol. The minimum atomic E-state index is -1.17. The van der Waals surface area contributed by atoms with E-state index in [0.29, 0.717) is 5.84 Å². The van der Waals surface area contributed by atoms with Crippen molar-refractivity contribution in [3.63, 3.8) is 0 Å². The summed E-state index contributed by atoms with van der Waals surface area (Å²) in [6.45, 7) is 3.25. The molecule has 1 unspecified atom stereocenters. The van der Waals surface area contributed by atoms with Crippen molar-refractivity contribution in [2.45, 2.75) is 19.4 Å². The minimum Gasteiger partial charge on any atom is -0.388 e. The Balaban J connectivity index is 2.27. The predicted molar refractivity (Wildman–Crippen MR) is 105 cm³/mol. The number of nitrogens with zero attached hydrogens (tertiary/aromatic N) is 2. The molecule has 0 bridgehead atoms. The van der Waals surface area contributed by atoms with Crippen molar-refractivity contribution >= 4 is 11.6 Å². The molecule has 26 heavy (non-hydrogen) atoms. The van der Waals surface area contributed by atoms with Gasteiger partial charge in [0.25, 0.3) is 0 Å². The first-order chi connectivity index (χ1) is 12.5. The Labute approximate surface area is 153 Å². The fraction of sp³-hybridized carbons (Fsp3) is 0.136. The van der Waals surface area contributed by atoms with Crippen LogP contribution in [0.4, 0.5) is 0 Å². The van der Waals surface area contributed by atoms with Crippen LogP contribution >= 0.6 is 0 Å². The maximum atomic E-state index is 12.9. The highest BCUT2D eigenvalue weighted by Crippen LogP contribution is 2.37. The molecule has 0 aliphatic heterocycles.